The van der Waals surface area contributed by atoms with Crippen molar-refractivity contribution in [3.8, 4) is 0 Å². The summed E-state index contributed by atoms with van der Waals surface area (Å²) in [5.41, 5.74) is 3.85. The highest BCUT2D eigenvalue weighted by Gasteiger charge is 2.61. The van der Waals surface area contributed by atoms with Crippen LogP contribution in [-0.4, -0.2) is 39.8 Å². The van der Waals surface area contributed by atoms with Gasteiger partial charge in [0.1, 0.15) is 5.78 Å². The predicted molar refractivity (Wildman–Crippen MR) is 170 cm³/mol. The van der Waals surface area contributed by atoms with Crippen LogP contribution in [0.1, 0.15) is 117 Å². The molecule has 0 bridgehead atoms. The Labute approximate surface area is 264 Å². The Bertz CT molecular complexity index is 1290. The summed E-state index contributed by atoms with van der Waals surface area (Å²) in [5.74, 6) is 5.19. The first-order valence-corrected chi connectivity index (χ1v) is 18.2. The maximum atomic E-state index is 12.6. The average molecular weight is 603 g/mol. The standard InChI is InChI=1S/C20H26O2.C19H28O3/c1-3-20-11-12(2)19-15-7-5-14(21)10-13(15)4-6-16(19)17(20)8-9-18(20)22;1-2-19-10-16(21)18-13-6-4-12(20)9-11(13)3-5-14(18)15(19)7-8-17(19)22/h10,15-17,19H,2-9,11H2,1H3;9,13-18,21-22H,2-8,10H2,1H3/t15?,16?,17?,19?,20-;13?,14?,15?,16-,17-,18?,19-/m00/s1. The zero-order chi connectivity index (χ0) is 31.0. The molecule has 44 heavy (non-hydrogen) atoms. The number of Topliss-reactive ketones (excluding diaryl/α,β-unsaturated/α-hetero) is 1. The van der Waals surface area contributed by atoms with Crippen molar-refractivity contribution in [3.63, 3.8) is 0 Å². The maximum Gasteiger partial charge on any atom is 0.155 e. The molecule has 12 atom stereocenters. The van der Waals surface area contributed by atoms with Gasteiger partial charge in [-0.25, -0.2) is 0 Å². The van der Waals surface area contributed by atoms with E-state index in [0.717, 1.165) is 89.9 Å². The monoisotopic (exact) mass is 602 g/mol. The maximum absolute atomic E-state index is 12.6. The Hall–Kier alpha value is -1.85. The summed E-state index contributed by atoms with van der Waals surface area (Å²) >= 11 is 0. The Morgan fingerprint density at radius 2 is 1.41 bits per heavy atom. The van der Waals surface area contributed by atoms with Crippen molar-refractivity contribution in [2.24, 2.45) is 58.2 Å². The van der Waals surface area contributed by atoms with Crippen LogP contribution in [0, 0.1) is 58.2 Å². The molecule has 0 aromatic carbocycles. The molecule has 0 aromatic rings. The van der Waals surface area contributed by atoms with Crippen LogP contribution < -0.4 is 0 Å². The quantitative estimate of drug-likeness (QED) is 0.329. The van der Waals surface area contributed by atoms with Gasteiger partial charge >= 0.3 is 0 Å². The predicted octanol–water partition coefficient (Wildman–Crippen LogP) is 7.10. The second-order valence-electron chi connectivity index (χ2n) is 16.1. The van der Waals surface area contributed by atoms with E-state index in [-0.39, 0.29) is 28.8 Å². The molecule has 6 fully saturated rings. The van der Waals surface area contributed by atoms with Crippen LogP contribution in [-0.2, 0) is 14.4 Å². The third kappa shape index (κ3) is 4.56. The Balaban J connectivity index is 0.000000142. The largest absolute Gasteiger partial charge is 0.393 e. The Morgan fingerprint density at radius 1 is 0.750 bits per heavy atom. The summed E-state index contributed by atoms with van der Waals surface area (Å²) in [6.07, 6.45) is 18.4. The number of fused-ring (bicyclic) bond motifs is 10. The van der Waals surface area contributed by atoms with Crippen molar-refractivity contribution in [1.82, 2.24) is 0 Å². The van der Waals surface area contributed by atoms with Crippen LogP contribution >= 0.6 is 0 Å². The second-order valence-corrected chi connectivity index (χ2v) is 16.1. The summed E-state index contributed by atoms with van der Waals surface area (Å²) in [7, 11) is 0. The molecule has 2 N–H and O–H groups in total. The molecule has 240 valence electrons. The normalized spacial score (nSPS) is 47.5. The first kappa shape index (κ1) is 30.8. The van der Waals surface area contributed by atoms with E-state index in [4.69, 9.17) is 0 Å². The van der Waals surface area contributed by atoms with Gasteiger partial charge in [0.05, 0.1) is 12.2 Å². The lowest BCUT2D eigenvalue weighted by Gasteiger charge is -2.56. The molecule has 0 saturated heterocycles. The number of aliphatic hydroxyl groups excluding tert-OH is 2. The van der Waals surface area contributed by atoms with Gasteiger partial charge in [-0.2, -0.15) is 0 Å². The number of ketones is 3. The summed E-state index contributed by atoms with van der Waals surface area (Å²) in [6, 6.07) is 0. The third-order valence-corrected chi connectivity index (χ3v) is 14.9. The van der Waals surface area contributed by atoms with E-state index in [0.29, 0.717) is 71.8 Å². The number of hydrogen-bond donors (Lipinski definition) is 2. The fraction of sp³-hybridized carbons (Fsp3) is 0.769. The highest BCUT2D eigenvalue weighted by molar-refractivity contribution is 5.92. The van der Waals surface area contributed by atoms with Gasteiger partial charge in [0, 0.05) is 30.1 Å². The van der Waals surface area contributed by atoms with Crippen LogP contribution in [0.3, 0.4) is 0 Å². The highest BCUT2D eigenvalue weighted by Crippen LogP contribution is 2.64. The van der Waals surface area contributed by atoms with Crippen LogP contribution in [0.5, 0.6) is 0 Å². The van der Waals surface area contributed by atoms with Crippen LogP contribution in [0.15, 0.2) is 35.5 Å². The first-order chi connectivity index (χ1) is 21.1. The summed E-state index contributed by atoms with van der Waals surface area (Å²) in [5, 5.41) is 21.5. The van der Waals surface area contributed by atoms with Gasteiger partial charge in [0.25, 0.3) is 0 Å². The molecule has 6 saturated carbocycles. The lowest BCUT2D eigenvalue weighted by Crippen LogP contribution is -2.54. The molecule has 8 aliphatic carbocycles. The van der Waals surface area contributed by atoms with Gasteiger partial charge in [-0.15, -0.1) is 0 Å². The number of allylic oxidation sites excluding steroid dienone is 3. The van der Waals surface area contributed by atoms with E-state index < -0.39 is 0 Å². The van der Waals surface area contributed by atoms with E-state index in [9.17, 15) is 24.6 Å². The molecule has 0 amide bonds. The van der Waals surface area contributed by atoms with E-state index in [2.05, 4.69) is 20.4 Å². The van der Waals surface area contributed by atoms with Gasteiger partial charge < -0.3 is 10.2 Å². The lowest BCUT2D eigenvalue weighted by atomic mass is 9.50. The average Bonchev–Trinajstić information content (AvgIpc) is 3.53. The minimum atomic E-state index is -0.309. The van der Waals surface area contributed by atoms with Gasteiger partial charge in [-0.1, -0.05) is 37.1 Å². The molecule has 0 heterocycles. The molecule has 5 heteroatoms. The molecular formula is C39H54O5. The minimum Gasteiger partial charge on any atom is -0.393 e. The van der Waals surface area contributed by atoms with Gasteiger partial charge in [0.2, 0.25) is 0 Å². The summed E-state index contributed by atoms with van der Waals surface area (Å²) in [6.45, 7) is 8.81. The van der Waals surface area contributed by atoms with Crippen molar-refractivity contribution in [3.05, 3.63) is 35.5 Å². The number of rotatable bonds is 2. The lowest BCUT2D eigenvalue weighted by molar-refractivity contribution is -0.131. The van der Waals surface area contributed by atoms with Crippen molar-refractivity contribution in [1.29, 1.82) is 0 Å². The van der Waals surface area contributed by atoms with Crippen LogP contribution in [0.25, 0.3) is 0 Å². The molecule has 5 nitrogen and oxygen atoms in total. The Kier molecular flexibility index (Phi) is 8.00. The van der Waals surface area contributed by atoms with Crippen molar-refractivity contribution in [2.75, 3.05) is 0 Å². The molecule has 0 spiro atoms. The van der Waals surface area contributed by atoms with Crippen molar-refractivity contribution in [2.45, 2.75) is 129 Å². The molecule has 0 radical (unpaired) electrons. The number of hydrogen-bond acceptors (Lipinski definition) is 5. The molecule has 8 rings (SSSR count). The summed E-state index contributed by atoms with van der Waals surface area (Å²) < 4.78 is 0. The number of carbonyl (C=O) groups is 3. The van der Waals surface area contributed by atoms with Crippen LogP contribution in [0.4, 0.5) is 0 Å². The van der Waals surface area contributed by atoms with Gasteiger partial charge in [-0.05, 0) is 143 Å². The molecule has 8 unspecified atom stereocenters. The third-order valence-electron chi connectivity index (χ3n) is 14.9. The summed E-state index contributed by atoms with van der Waals surface area (Å²) in [4.78, 5) is 36.1. The fourth-order valence-electron chi connectivity index (χ4n) is 13.0. The topological polar surface area (TPSA) is 91.7 Å². The first-order valence-electron chi connectivity index (χ1n) is 18.2. The SMILES string of the molecule is C=C1C[C@]2(CC)C(=O)CCC2C2CCC3=CC(=O)CCC3C12.CC[C@]12C[C@H](O)C3C4CCC(=O)C=C4CCC3C1CC[C@@H]2O. The molecular weight excluding hydrogens is 548 g/mol. The molecule has 0 aromatic heterocycles. The zero-order valence-electron chi connectivity index (χ0n) is 27.1. The smallest absolute Gasteiger partial charge is 0.155 e. The van der Waals surface area contributed by atoms with E-state index in [1.807, 2.05) is 12.2 Å². The van der Waals surface area contributed by atoms with Gasteiger partial charge in [-0.3, -0.25) is 14.4 Å². The molecule has 8 aliphatic rings. The zero-order valence-corrected chi connectivity index (χ0v) is 27.1. The Morgan fingerprint density at radius 3 is 2.09 bits per heavy atom. The van der Waals surface area contributed by atoms with E-state index in [1.54, 1.807) is 0 Å². The highest BCUT2D eigenvalue weighted by atomic mass is 16.3. The van der Waals surface area contributed by atoms with Crippen molar-refractivity contribution >= 4 is 17.3 Å². The number of carbonyl (C=O) groups excluding carboxylic acids is 3. The fourth-order valence-corrected chi connectivity index (χ4v) is 13.0. The van der Waals surface area contributed by atoms with E-state index >= 15 is 0 Å². The van der Waals surface area contributed by atoms with Crippen LogP contribution in [0.2, 0.25) is 0 Å². The van der Waals surface area contributed by atoms with Gasteiger partial charge in [0.15, 0.2) is 11.6 Å². The minimum absolute atomic E-state index is 0.0493. The second kappa shape index (κ2) is 11.4. The molecule has 0 aliphatic heterocycles. The van der Waals surface area contributed by atoms with Crippen molar-refractivity contribution < 1.29 is 24.6 Å². The van der Waals surface area contributed by atoms with E-state index in [1.165, 1.54) is 16.7 Å². The number of aliphatic hydroxyl groups is 2.